The molecule has 1 fully saturated rings. The van der Waals surface area contributed by atoms with Gasteiger partial charge in [-0.1, -0.05) is 22.4 Å². The molecular weight excluding hydrogens is 356 g/mol. The number of halogens is 2. The lowest BCUT2D eigenvalue weighted by Gasteiger charge is -2.15. The van der Waals surface area contributed by atoms with E-state index in [4.69, 9.17) is 10.5 Å². The number of nitrogens with two attached hydrogens (primary N) is 1. The van der Waals surface area contributed by atoms with Crippen molar-refractivity contribution in [3.63, 3.8) is 0 Å². The van der Waals surface area contributed by atoms with Gasteiger partial charge < -0.3 is 15.8 Å². The first-order valence-corrected chi connectivity index (χ1v) is 7.74. The zero-order valence-electron chi connectivity index (χ0n) is 12.1. The largest absolute Gasteiger partial charge is 0.497 e. The monoisotopic (exact) mass is 376 g/mol. The van der Waals surface area contributed by atoms with Gasteiger partial charge in [-0.2, -0.15) is 0 Å². The topological polar surface area (TPSA) is 64.3 Å². The predicted octanol–water partition coefficient (Wildman–Crippen LogP) is 3.01. The minimum absolute atomic E-state index is 0. The molecule has 0 aliphatic heterocycles. The summed E-state index contributed by atoms with van der Waals surface area (Å²) in [5, 5.41) is 2.96. The summed E-state index contributed by atoms with van der Waals surface area (Å²) in [6.07, 6.45) is 3.78. The highest BCUT2D eigenvalue weighted by molar-refractivity contribution is 9.10. The molecule has 0 radical (unpaired) electrons. The standard InChI is InChI=1S/C15H21BrN2O2.ClH/c1-20-12-5-6-13(16)11(7-12)9-18-15(19)8-10-3-2-4-14(10)17;/h5-7,10,14H,2-4,8-9,17H2,1H3,(H,18,19);1H/t10-,14+;/m0./s1. The van der Waals surface area contributed by atoms with Gasteiger partial charge in [0.15, 0.2) is 0 Å². The number of amides is 1. The van der Waals surface area contributed by atoms with Crippen LogP contribution in [-0.2, 0) is 11.3 Å². The number of methoxy groups -OCH3 is 1. The van der Waals surface area contributed by atoms with Crippen LogP contribution in [0.5, 0.6) is 5.75 Å². The first-order valence-electron chi connectivity index (χ1n) is 6.95. The second-order valence-corrected chi connectivity index (χ2v) is 6.15. The zero-order valence-corrected chi connectivity index (χ0v) is 14.5. The molecule has 1 aromatic carbocycles. The number of rotatable bonds is 5. The summed E-state index contributed by atoms with van der Waals surface area (Å²) in [5.74, 6) is 1.20. The van der Waals surface area contributed by atoms with E-state index in [0.717, 1.165) is 35.0 Å². The summed E-state index contributed by atoms with van der Waals surface area (Å²) >= 11 is 3.48. The Morgan fingerprint density at radius 1 is 1.48 bits per heavy atom. The highest BCUT2D eigenvalue weighted by Gasteiger charge is 2.25. The van der Waals surface area contributed by atoms with E-state index in [-0.39, 0.29) is 24.4 Å². The Labute approximate surface area is 140 Å². The van der Waals surface area contributed by atoms with E-state index < -0.39 is 0 Å². The lowest BCUT2D eigenvalue weighted by Crippen LogP contribution is -2.31. The smallest absolute Gasteiger partial charge is 0.220 e. The van der Waals surface area contributed by atoms with Crippen LogP contribution < -0.4 is 15.8 Å². The van der Waals surface area contributed by atoms with E-state index in [1.54, 1.807) is 7.11 Å². The van der Waals surface area contributed by atoms with Gasteiger partial charge in [0.05, 0.1) is 7.11 Å². The molecule has 3 N–H and O–H groups in total. The number of carbonyl (C=O) groups excluding carboxylic acids is 1. The predicted molar refractivity (Wildman–Crippen MR) is 89.7 cm³/mol. The lowest BCUT2D eigenvalue weighted by molar-refractivity contribution is -0.122. The second-order valence-electron chi connectivity index (χ2n) is 5.29. The molecule has 0 unspecified atom stereocenters. The molecule has 6 heteroatoms. The van der Waals surface area contributed by atoms with Crippen LogP contribution in [0.2, 0.25) is 0 Å². The molecule has 118 valence electrons. The van der Waals surface area contributed by atoms with Crippen molar-refractivity contribution >= 4 is 34.2 Å². The second kappa shape index (κ2) is 8.61. The highest BCUT2D eigenvalue weighted by atomic mass is 79.9. The van der Waals surface area contributed by atoms with Crippen LogP contribution in [0.1, 0.15) is 31.2 Å². The zero-order chi connectivity index (χ0) is 14.5. The first-order chi connectivity index (χ1) is 9.60. The van der Waals surface area contributed by atoms with Crippen LogP contribution in [0.3, 0.4) is 0 Å². The van der Waals surface area contributed by atoms with Crippen molar-refractivity contribution in [2.75, 3.05) is 7.11 Å². The van der Waals surface area contributed by atoms with Crippen LogP contribution in [0.25, 0.3) is 0 Å². The summed E-state index contributed by atoms with van der Waals surface area (Å²) in [7, 11) is 1.63. The fraction of sp³-hybridized carbons (Fsp3) is 0.533. The maximum absolute atomic E-state index is 12.0. The Bertz CT molecular complexity index is 485. The van der Waals surface area contributed by atoms with E-state index in [2.05, 4.69) is 21.2 Å². The van der Waals surface area contributed by atoms with Crippen LogP contribution >= 0.6 is 28.3 Å². The molecule has 1 aliphatic rings. The summed E-state index contributed by atoms with van der Waals surface area (Å²) in [6, 6.07) is 5.91. The summed E-state index contributed by atoms with van der Waals surface area (Å²) in [4.78, 5) is 12.0. The Kier molecular flexibility index (Phi) is 7.49. The molecule has 1 saturated carbocycles. The molecule has 0 spiro atoms. The van der Waals surface area contributed by atoms with Gasteiger partial charge in [-0.05, 0) is 42.5 Å². The molecule has 0 aromatic heterocycles. The number of ether oxygens (including phenoxy) is 1. The SMILES string of the molecule is COc1ccc(Br)c(CNC(=O)C[C@@H]2CCC[C@H]2N)c1.Cl. The maximum Gasteiger partial charge on any atom is 0.220 e. The number of nitrogens with one attached hydrogen (secondary N) is 1. The lowest BCUT2D eigenvalue weighted by atomic mass is 10.00. The van der Waals surface area contributed by atoms with Crippen molar-refractivity contribution in [3.05, 3.63) is 28.2 Å². The van der Waals surface area contributed by atoms with Crippen molar-refractivity contribution in [1.82, 2.24) is 5.32 Å². The third kappa shape index (κ3) is 5.16. The molecule has 4 nitrogen and oxygen atoms in total. The van der Waals surface area contributed by atoms with Gasteiger partial charge in [0.2, 0.25) is 5.91 Å². The van der Waals surface area contributed by atoms with E-state index >= 15 is 0 Å². The van der Waals surface area contributed by atoms with Crippen LogP contribution in [0.4, 0.5) is 0 Å². The Hall–Kier alpha value is -0.780. The maximum atomic E-state index is 12.0. The average molecular weight is 378 g/mol. The normalized spacial score (nSPS) is 20.7. The Morgan fingerprint density at radius 2 is 2.24 bits per heavy atom. The molecular formula is C15H22BrClN2O2. The minimum atomic E-state index is 0. The molecule has 2 rings (SSSR count). The number of benzene rings is 1. The van der Waals surface area contributed by atoms with Gasteiger partial charge in [-0.25, -0.2) is 0 Å². The van der Waals surface area contributed by atoms with Crippen molar-refractivity contribution < 1.29 is 9.53 Å². The summed E-state index contributed by atoms with van der Waals surface area (Å²) in [5.41, 5.74) is 7.00. The van der Waals surface area contributed by atoms with Gasteiger partial charge in [0, 0.05) is 23.5 Å². The van der Waals surface area contributed by atoms with Crippen LogP contribution in [-0.4, -0.2) is 19.1 Å². The van der Waals surface area contributed by atoms with Gasteiger partial charge >= 0.3 is 0 Å². The molecule has 1 amide bonds. The van der Waals surface area contributed by atoms with E-state index in [1.165, 1.54) is 0 Å². The Balaban J connectivity index is 0.00000220. The van der Waals surface area contributed by atoms with Gasteiger partial charge in [-0.3, -0.25) is 4.79 Å². The van der Waals surface area contributed by atoms with E-state index in [9.17, 15) is 4.79 Å². The van der Waals surface area contributed by atoms with Crippen LogP contribution in [0.15, 0.2) is 22.7 Å². The van der Waals surface area contributed by atoms with Gasteiger partial charge in [-0.15, -0.1) is 12.4 Å². The van der Waals surface area contributed by atoms with Crippen LogP contribution in [0, 0.1) is 5.92 Å². The van der Waals surface area contributed by atoms with Crippen molar-refractivity contribution in [1.29, 1.82) is 0 Å². The highest BCUT2D eigenvalue weighted by Crippen LogP contribution is 2.27. The van der Waals surface area contributed by atoms with Gasteiger partial charge in [0.25, 0.3) is 0 Å². The number of carbonyl (C=O) groups is 1. The fourth-order valence-corrected chi connectivity index (χ4v) is 3.02. The summed E-state index contributed by atoms with van der Waals surface area (Å²) < 4.78 is 6.16. The van der Waals surface area contributed by atoms with E-state index in [0.29, 0.717) is 18.9 Å². The van der Waals surface area contributed by atoms with E-state index in [1.807, 2.05) is 18.2 Å². The number of hydrogen-bond donors (Lipinski definition) is 2. The van der Waals surface area contributed by atoms with Gasteiger partial charge in [0.1, 0.15) is 5.75 Å². The molecule has 1 aromatic rings. The van der Waals surface area contributed by atoms with Crippen molar-refractivity contribution in [2.45, 2.75) is 38.3 Å². The van der Waals surface area contributed by atoms with Crippen molar-refractivity contribution in [3.8, 4) is 5.75 Å². The molecule has 1 aliphatic carbocycles. The first kappa shape index (κ1) is 18.3. The quantitative estimate of drug-likeness (QED) is 0.829. The molecule has 0 bridgehead atoms. The minimum Gasteiger partial charge on any atom is -0.497 e. The molecule has 21 heavy (non-hydrogen) atoms. The van der Waals surface area contributed by atoms with Crippen molar-refractivity contribution in [2.24, 2.45) is 11.7 Å². The Morgan fingerprint density at radius 3 is 2.86 bits per heavy atom. The summed E-state index contributed by atoms with van der Waals surface area (Å²) in [6.45, 7) is 0.499. The third-order valence-electron chi connectivity index (χ3n) is 3.89. The number of hydrogen-bond acceptors (Lipinski definition) is 3. The third-order valence-corrected chi connectivity index (χ3v) is 4.67. The molecule has 0 saturated heterocycles. The molecule has 0 heterocycles. The average Bonchev–Trinajstić information content (AvgIpc) is 2.83. The fourth-order valence-electron chi connectivity index (χ4n) is 2.64. The molecule has 2 atom stereocenters.